The molecule has 2 rings (SSSR count). The number of fused-ring (bicyclic) bond motifs is 1. The Morgan fingerprint density at radius 2 is 2.38 bits per heavy atom. The highest BCUT2D eigenvalue weighted by molar-refractivity contribution is 9.10. The molecule has 0 aliphatic carbocycles. The molecule has 0 saturated heterocycles. The first-order valence-electron chi connectivity index (χ1n) is 4.96. The van der Waals surface area contributed by atoms with Crippen LogP contribution in [0.1, 0.15) is 12.0 Å². The van der Waals surface area contributed by atoms with E-state index < -0.39 is 5.97 Å². The van der Waals surface area contributed by atoms with Gasteiger partial charge in [-0.2, -0.15) is 0 Å². The van der Waals surface area contributed by atoms with Crippen LogP contribution in [0.3, 0.4) is 0 Å². The monoisotopic (exact) mass is 302 g/mol. The number of carboxylic acids is 1. The average Bonchev–Trinajstić information content (AvgIpc) is 2.65. The summed E-state index contributed by atoms with van der Waals surface area (Å²) in [6.07, 6.45) is 1.12. The fourth-order valence-corrected chi connectivity index (χ4v) is 3.28. The van der Waals surface area contributed by atoms with Gasteiger partial charge in [-0.1, -0.05) is 0 Å². The van der Waals surface area contributed by atoms with Crippen LogP contribution in [0, 0.1) is 0 Å². The van der Waals surface area contributed by atoms with Crippen molar-refractivity contribution in [2.24, 2.45) is 0 Å². The molecular formula is C11H11BrO3S. The van der Waals surface area contributed by atoms with Gasteiger partial charge in [0.05, 0.1) is 17.5 Å². The SMILES string of the molecule is O=C(O)CCSc1cc(Br)c2c(c1)CCO2. The third-order valence-corrected chi connectivity index (χ3v) is 3.86. The molecule has 86 valence electrons. The van der Waals surface area contributed by atoms with Gasteiger partial charge in [0.2, 0.25) is 0 Å². The maximum atomic E-state index is 10.4. The molecule has 0 spiro atoms. The lowest BCUT2D eigenvalue weighted by atomic mass is 10.2. The molecule has 1 aromatic carbocycles. The quantitative estimate of drug-likeness (QED) is 0.869. The number of carbonyl (C=O) groups is 1. The summed E-state index contributed by atoms with van der Waals surface area (Å²) in [6.45, 7) is 0.733. The van der Waals surface area contributed by atoms with Gasteiger partial charge in [-0.3, -0.25) is 4.79 Å². The molecule has 0 saturated carbocycles. The first-order chi connectivity index (χ1) is 7.66. The smallest absolute Gasteiger partial charge is 0.304 e. The van der Waals surface area contributed by atoms with E-state index in [9.17, 15) is 4.79 Å². The van der Waals surface area contributed by atoms with Crippen molar-refractivity contribution in [3.63, 3.8) is 0 Å². The Hall–Kier alpha value is -0.680. The van der Waals surface area contributed by atoms with Crippen molar-refractivity contribution in [1.82, 2.24) is 0 Å². The van der Waals surface area contributed by atoms with E-state index in [2.05, 4.69) is 22.0 Å². The van der Waals surface area contributed by atoms with Crippen molar-refractivity contribution < 1.29 is 14.6 Å². The van der Waals surface area contributed by atoms with Gasteiger partial charge in [0.25, 0.3) is 0 Å². The standard InChI is InChI=1S/C11H11BrO3S/c12-9-6-8(16-4-2-10(13)14)5-7-1-3-15-11(7)9/h5-6H,1-4H2,(H,13,14). The van der Waals surface area contributed by atoms with Crippen molar-refractivity contribution in [2.75, 3.05) is 12.4 Å². The second-order valence-electron chi connectivity index (χ2n) is 3.48. The number of halogens is 1. The lowest BCUT2D eigenvalue weighted by Gasteiger charge is -2.05. The molecule has 0 bridgehead atoms. The van der Waals surface area contributed by atoms with Crippen molar-refractivity contribution in [2.45, 2.75) is 17.7 Å². The van der Waals surface area contributed by atoms with Crippen LogP contribution in [0.15, 0.2) is 21.5 Å². The molecule has 0 fully saturated rings. The molecule has 0 radical (unpaired) electrons. The number of aliphatic carboxylic acids is 1. The third kappa shape index (κ3) is 2.71. The molecule has 1 aromatic rings. The maximum absolute atomic E-state index is 10.4. The zero-order valence-electron chi connectivity index (χ0n) is 8.53. The van der Waals surface area contributed by atoms with Gasteiger partial charge >= 0.3 is 5.97 Å². The molecule has 0 unspecified atom stereocenters. The Bertz CT molecular complexity index is 420. The second kappa shape index (κ2) is 5.10. The molecule has 3 nitrogen and oxygen atoms in total. The van der Waals surface area contributed by atoms with E-state index in [-0.39, 0.29) is 6.42 Å². The normalized spacial score (nSPS) is 13.3. The molecule has 1 aliphatic rings. The fraction of sp³-hybridized carbons (Fsp3) is 0.364. The Balaban J connectivity index is 2.05. The average molecular weight is 303 g/mol. The highest BCUT2D eigenvalue weighted by Gasteiger charge is 2.16. The van der Waals surface area contributed by atoms with Gasteiger partial charge in [0, 0.05) is 17.1 Å². The van der Waals surface area contributed by atoms with Gasteiger partial charge in [0.15, 0.2) is 0 Å². The Morgan fingerprint density at radius 1 is 1.56 bits per heavy atom. The zero-order chi connectivity index (χ0) is 11.5. The van der Waals surface area contributed by atoms with Crippen LogP contribution in [0.25, 0.3) is 0 Å². The molecule has 1 heterocycles. The van der Waals surface area contributed by atoms with Crippen LogP contribution in [-0.4, -0.2) is 23.4 Å². The fourth-order valence-electron chi connectivity index (χ4n) is 1.57. The van der Waals surface area contributed by atoms with Crippen LogP contribution >= 0.6 is 27.7 Å². The van der Waals surface area contributed by atoms with Crippen LogP contribution in [0.4, 0.5) is 0 Å². The Labute approximate surface area is 106 Å². The lowest BCUT2D eigenvalue weighted by molar-refractivity contribution is -0.136. The summed E-state index contributed by atoms with van der Waals surface area (Å²) in [5, 5.41) is 8.56. The minimum Gasteiger partial charge on any atom is -0.492 e. The number of hydrogen-bond donors (Lipinski definition) is 1. The number of rotatable bonds is 4. The summed E-state index contributed by atoms with van der Waals surface area (Å²) in [6, 6.07) is 4.07. The minimum absolute atomic E-state index is 0.190. The van der Waals surface area contributed by atoms with Gasteiger partial charge in [-0.25, -0.2) is 0 Å². The number of thioether (sulfide) groups is 1. The molecule has 5 heteroatoms. The van der Waals surface area contributed by atoms with Crippen LogP contribution in [0.2, 0.25) is 0 Å². The zero-order valence-corrected chi connectivity index (χ0v) is 10.9. The lowest BCUT2D eigenvalue weighted by Crippen LogP contribution is -1.95. The molecule has 1 N–H and O–H groups in total. The van der Waals surface area contributed by atoms with Crippen LogP contribution in [0.5, 0.6) is 5.75 Å². The van der Waals surface area contributed by atoms with E-state index in [1.165, 1.54) is 5.56 Å². The number of carboxylic acid groups (broad SMARTS) is 1. The largest absolute Gasteiger partial charge is 0.492 e. The van der Waals surface area contributed by atoms with Crippen LogP contribution in [-0.2, 0) is 11.2 Å². The second-order valence-corrected chi connectivity index (χ2v) is 5.51. The molecule has 0 amide bonds. The van der Waals surface area contributed by atoms with E-state index >= 15 is 0 Å². The van der Waals surface area contributed by atoms with Gasteiger partial charge in [0.1, 0.15) is 5.75 Å². The molecule has 0 aromatic heterocycles. The first-order valence-corrected chi connectivity index (χ1v) is 6.74. The van der Waals surface area contributed by atoms with Crippen molar-refractivity contribution >= 4 is 33.7 Å². The topological polar surface area (TPSA) is 46.5 Å². The van der Waals surface area contributed by atoms with Gasteiger partial charge < -0.3 is 9.84 Å². The number of ether oxygens (including phenoxy) is 1. The Kier molecular flexibility index (Phi) is 3.76. The first kappa shape index (κ1) is 11.8. The minimum atomic E-state index is -0.754. The molecule has 16 heavy (non-hydrogen) atoms. The predicted molar refractivity (Wildman–Crippen MR) is 66.3 cm³/mol. The summed E-state index contributed by atoms with van der Waals surface area (Å²) in [5.74, 6) is 0.778. The summed E-state index contributed by atoms with van der Waals surface area (Å²) in [4.78, 5) is 11.5. The van der Waals surface area contributed by atoms with Gasteiger partial charge in [-0.15, -0.1) is 11.8 Å². The number of hydrogen-bond acceptors (Lipinski definition) is 3. The summed E-state index contributed by atoms with van der Waals surface area (Å²) in [5.41, 5.74) is 1.20. The van der Waals surface area contributed by atoms with E-state index in [0.29, 0.717) is 5.75 Å². The van der Waals surface area contributed by atoms with Crippen molar-refractivity contribution in [3.05, 3.63) is 22.2 Å². The highest BCUT2D eigenvalue weighted by Crippen LogP contribution is 2.37. The van der Waals surface area contributed by atoms with E-state index in [1.807, 2.05) is 6.07 Å². The molecular weight excluding hydrogens is 292 g/mol. The van der Waals surface area contributed by atoms with E-state index in [4.69, 9.17) is 9.84 Å². The molecule has 0 atom stereocenters. The van der Waals surface area contributed by atoms with Crippen molar-refractivity contribution in [3.8, 4) is 5.75 Å². The number of benzene rings is 1. The summed E-state index contributed by atoms with van der Waals surface area (Å²) in [7, 11) is 0. The van der Waals surface area contributed by atoms with Crippen LogP contribution < -0.4 is 4.74 Å². The summed E-state index contributed by atoms with van der Waals surface area (Å²) >= 11 is 5.03. The predicted octanol–water partition coefficient (Wildman–Crippen LogP) is 2.95. The van der Waals surface area contributed by atoms with Gasteiger partial charge in [-0.05, 0) is 33.6 Å². The Morgan fingerprint density at radius 3 is 3.12 bits per heavy atom. The van der Waals surface area contributed by atoms with E-state index in [1.54, 1.807) is 11.8 Å². The van der Waals surface area contributed by atoms with E-state index in [0.717, 1.165) is 28.1 Å². The third-order valence-electron chi connectivity index (χ3n) is 2.30. The molecule has 1 aliphatic heterocycles. The van der Waals surface area contributed by atoms with Crippen molar-refractivity contribution in [1.29, 1.82) is 0 Å². The highest BCUT2D eigenvalue weighted by atomic mass is 79.9. The summed E-state index contributed by atoms with van der Waals surface area (Å²) < 4.78 is 6.44. The maximum Gasteiger partial charge on any atom is 0.304 e.